The van der Waals surface area contributed by atoms with E-state index in [9.17, 15) is 0 Å². The Balaban J connectivity index is 3.15. The molecule has 0 bridgehead atoms. The lowest BCUT2D eigenvalue weighted by atomic mass is 10.6. The molecule has 1 rings (SSSR count). The third kappa shape index (κ3) is 1.34. The fourth-order valence-corrected chi connectivity index (χ4v) is 0.635. The van der Waals surface area contributed by atoms with Gasteiger partial charge in [0.05, 0.1) is 6.20 Å². The maximum absolute atomic E-state index is 8.95. The molecule has 0 spiro atoms. The summed E-state index contributed by atoms with van der Waals surface area (Å²) in [6.07, 6.45) is 1.49. The second-order valence-electron chi connectivity index (χ2n) is 1.75. The summed E-state index contributed by atoms with van der Waals surface area (Å²) in [4.78, 5) is 4.71. The molecule has 0 aromatic carbocycles. The smallest absolute Gasteiger partial charge is 0.185 e. The lowest BCUT2D eigenvalue weighted by molar-refractivity contribution is 0.131. The summed E-state index contributed by atoms with van der Waals surface area (Å²) in [5.41, 5.74) is 0.477. The third-order valence-corrected chi connectivity index (χ3v) is 1.03. The second kappa shape index (κ2) is 3.00. The van der Waals surface area contributed by atoms with E-state index in [0.29, 0.717) is 12.0 Å². The molecular weight excluding hydrogens is 130 g/mol. The maximum atomic E-state index is 8.95. The highest BCUT2D eigenvalue weighted by atomic mass is 16.5. The largest absolute Gasteiger partial charge is 0.410 e. The number of hydrogen-bond donors (Lipinski definition) is 1. The van der Waals surface area contributed by atoms with Crippen LogP contribution in [0.1, 0.15) is 6.92 Å². The molecule has 1 N–H and O–H groups in total. The lowest BCUT2D eigenvalue weighted by Crippen LogP contribution is -2.20. The zero-order valence-electron chi connectivity index (χ0n) is 5.73. The van der Waals surface area contributed by atoms with Gasteiger partial charge in [-0.2, -0.15) is 0 Å². The Bertz CT molecular complexity index is 266. The fraction of sp³-hybridized carbons (Fsp3) is 0.333. The molecule has 0 aliphatic rings. The van der Waals surface area contributed by atoms with E-state index in [4.69, 9.17) is 5.21 Å². The van der Waals surface area contributed by atoms with E-state index in [0.717, 1.165) is 4.85 Å². The van der Waals surface area contributed by atoms with E-state index in [2.05, 4.69) is 10.1 Å². The molecule has 0 unspecified atom stereocenters. The minimum atomic E-state index is 0.477. The van der Waals surface area contributed by atoms with Crippen molar-refractivity contribution in [2.75, 3.05) is 6.54 Å². The van der Waals surface area contributed by atoms with Crippen molar-refractivity contribution in [3.8, 4) is 0 Å². The van der Waals surface area contributed by atoms with Crippen LogP contribution in [0.15, 0.2) is 23.3 Å². The number of nitrogens with zero attached hydrogens (tertiary/aromatic N) is 3. The quantitative estimate of drug-likeness (QED) is 0.558. The molecule has 0 fully saturated rings. The topological polar surface area (TPSA) is 50.4 Å². The van der Waals surface area contributed by atoms with Gasteiger partial charge >= 0.3 is 0 Å². The molecule has 1 aromatic rings. The van der Waals surface area contributed by atoms with Gasteiger partial charge in [-0.1, -0.05) is 4.85 Å². The van der Waals surface area contributed by atoms with Gasteiger partial charge in [0.2, 0.25) is 0 Å². The normalized spacial score (nSPS) is 11.9. The summed E-state index contributed by atoms with van der Waals surface area (Å²) in [5, 5.41) is 12.5. The van der Waals surface area contributed by atoms with Crippen LogP contribution in [0.25, 0.3) is 0 Å². The number of rotatable bonds is 1. The van der Waals surface area contributed by atoms with Crippen LogP contribution in [-0.2, 0) is 0 Å². The minimum Gasteiger partial charge on any atom is -0.410 e. The molecule has 54 valence electrons. The van der Waals surface area contributed by atoms with Gasteiger partial charge in [-0.05, 0) is 19.1 Å². The molecule has 0 saturated heterocycles. The Hall–Kier alpha value is -1.32. The van der Waals surface area contributed by atoms with Gasteiger partial charge in [0.15, 0.2) is 5.49 Å². The Labute approximate surface area is 58.4 Å². The van der Waals surface area contributed by atoms with Crippen molar-refractivity contribution in [2.24, 2.45) is 4.99 Å². The van der Waals surface area contributed by atoms with Crippen LogP contribution in [0.3, 0.4) is 0 Å². The summed E-state index contributed by atoms with van der Waals surface area (Å²) < 4.78 is 0. The first-order valence-electron chi connectivity index (χ1n) is 3.08. The first-order valence-corrected chi connectivity index (χ1v) is 3.08. The molecule has 4 heteroatoms. The Morgan fingerprint density at radius 2 is 2.60 bits per heavy atom. The monoisotopic (exact) mass is 139 g/mol. The van der Waals surface area contributed by atoms with Crippen molar-refractivity contribution in [1.29, 1.82) is 0 Å². The molecule has 10 heavy (non-hydrogen) atoms. The van der Waals surface area contributed by atoms with Crippen LogP contribution in [0.4, 0.5) is 0 Å². The van der Waals surface area contributed by atoms with Gasteiger partial charge < -0.3 is 5.21 Å². The zero-order chi connectivity index (χ0) is 7.40. The van der Waals surface area contributed by atoms with Crippen molar-refractivity contribution in [1.82, 2.24) is 9.94 Å². The predicted molar refractivity (Wildman–Crippen MR) is 35.5 cm³/mol. The summed E-state index contributed by atoms with van der Waals surface area (Å²) >= 11 is 0. The van der Waals surface area contributed by atoms with Crippen LogP contribution in [0.2, 0.25) is 0 Å². The maximum Gasteiger partial charge on any atom is 0.185 e. The third-order valence-electron chi connectivity index (χ3n) is 1.03. The van der Waals surface area contributed by atoms with Crippen molar-refractivity contribution in [3.63, 3.8) is 0 Å². The van der Waals surface area contributed by atoms with Crippen LogP contribution in [-0.4, -0.2) is 21.7 Å². The van der Waals surface area contributed by atoms with E-state index in [1.54, 1.807) is 12.1 Å². The molecule has 0 amide bonds. The Morgan fingerprint density at radius 3 is 3.20 bits per heavy atom. The summed E-state index contributed by atoms with van der Waals surface area (Å²) in [6.45, 7) is 2.54. The van der Waals surface area contributed by atoms with Crippen molar-refractivity contribution in [3.05, 3.63) is 23.8 Å². The average molecular weight is 139 g/mol. The highest BCUT2D eigenvalue weighted by Crippen LogP contribution is 1.69. The molecule has 1 heterocycles. The Kier molecular flexibility index (Phi) is 2.04. The zero-order valence-corrected chi connectivity index (χ0v) is 5.73. The van der Waals surface area contributed by atoms with E-state index >= 15 is 0 Å². The van der Waals surface area contributed by atoms with Gasteiger partial charge in [-0.25, -0.2) is 0 Å². The molecule has 0 radical (unpaired) electrons. The van der Waals surface area contributed by atoms with Gasteiger partial charge in [0.1, 0.15) is 0 Å². The van der Waals surface area contributed by atoms with Gasteiger partial charge in [0.25, 0.3) is 0 Å². The highest BCUT2D eigenvalue weighted by Gasteiger charge is 1.83. The molecule has 0 aliphatic heterocycles. The van der Waals surface area contributed by atoms with E-state index in [1.165, 1.54) is 6.20 Å². The first kappa shape index (κ1) is 6.80. The van der Waals surface area contributed by atoms with Crippen LogP contribution >= 0.6 is 0 Å². The van der Waals surface area contributed by atoms with Crippen LogP contribution in [0, 0.1) is 0 Å². The molecular formula is C6H9N3O. The Morgan fingerprint density at radius 1 is 1.80 bits per heavy atom. The predicted octanol–water partition coefficient (Wildman–Crippen LogP) is 0.0410. The molecule has 4 nitrogen and oxygen atoms in total. The number of hydrogen-bond acceptors (Lipinski definition) is 3. The van der Waals surface area contributed by atoms with Gasteiger partial charge in [0, 0.05) is 6.54 Å². The summed E-state index contributed by atoms with van der Waals surface area (Å²) in [5.74, 6) is 0. The first-order chi connectivity index (χ1) is 4.84. The van der Waals surface area contributed by atoms with Gasteiger partial charge in [-0.15, -0.1) is 5.10 Å². The molecule has 1 aromatic heterocycles. The minimum absolute atomic E-state index is 0.477. The van der Waals surface area contributed by atoms with Crippen molar-refractivity contribution < 1.29 is 5.21 Å². The molecule has 0 saturated carbocycles. The molecule has 0 atom stereocenters. The molecule has 0 aliphatic carbocycles. The van der Waals surface area contributed by atoms with Crippen molar-refractivity contribution >= 4 is 0 Å². The van der Waals surface area contributed by atoms with E-state index < -0.39 is 0 Å². The fourth-order valence-electron chi connectivity index (χ4n) is 0.635. The average Bonchev–Trinajstić information content (AvgIpc) is 1.94. The van der Waals surface area contributed by atoms with E-state index in [1.807, 2.05) is 6.92 Å². The standard InChI is InChI=1S/C6H9N3O/c1-2-7-6-4-3-5-8-9(6)10/h3-5,10H,2H2,1H3. The highest BCUT2D eigenvalue weighted by molar-refractivity contribution is 4.82. The van der Waals surface area contributed by atoms with Crippen LogP contribution < -0.4 is 5.49 Å². The number of aromatic nitrogens is 2. The van der Waals surface area contributed by atoms with Crippen LogP contribution in [0.5, 0.6) is 0 Å². The lowest BCUT2D eigenvalue weighted by Gasteiger charge is -1.92. The summed E-state index contributed by atoms with van der Waals surface area (Å²) in [7, 11) is 0. The SMILES string of the molecule is CCN=c1cccnn1O. The van der Waals surface area contributed by atoms with Gasteiger partial charge in [-0.3, -0.25) is 4.99 Å². The van der Waals surface area contributed by atoms with E-state index in [-0.39, 0.29) is 0 Å². The second-order valence-corrected chi connectivity index (χ2v) is 1.75. The van der Waals surface area contributed by atoms with Crippen molar-refractivity contribution in [2.45, 2.75) is 6.92 Å². The summed E-state index contributed by atoms with van der Waals surface area (Å²) in [6, 6.07) is 3.41.